The highest BCUT2D eigenvalue weighted by molar-refractivity contribution is 6.04. The summed E-state index contributed by atoms with van der Waals surface area (Å²) in [4.78, 5) is 34.5. The first-order chi connectivity index (χ1) is 12.0. The fourth-order valence-electron chi connectivity index (χ4n) is 2.47. The lowest BCUT2D eigenvalue weighted by molar-refractivity contribution is -0.207. The van der Waals surface area contributed by atoms with Gasteiger partial charge in [0.1, 0.15) is 12.2 Å². The van der Waals surface area contributed by atoms with Crippen LogP contribution in [0.4, 0.5) is 0 Å². The molecule has 0 spiro atoms. The Kier molecular flexibility index (Phi) is 5.97. The normalized spacial score (nSPS) is 19.4. The van der Waals surface area contributed by atoms with Gasteiger partial charge in [-0.05, 0) is 26.0 Å². The fraction of sp³-hybridized carbons (Fsp3) is 0.471. The molecular formula is C17H22N2O6. The van der Waals surface area contributed by atoms with Gasteiger partial charge in [-0.1, -0.05) is 12.1 Å². The Hall–Kier alpha value is -2.61. The lowest BCUT2D eigenvalue weighted by Crippen LogP contribution is -2.43. The molecule has 0 aliphatic carbocycles. The molecule has 1 aliphatic heterocycles. The molecule has 25 heavy (non-hydrogen) atoms. The quantitative estimate of drug-likeness (QED) is 0.689. The minimum absolute atomic E-state index is 0.135. The van der Waals surface area contributed by atoms with Gasteiger partial charge in [-0.25, -0.2) is 19.7 Å². The van der Waals surface area contributed by atoms with Crippen LogP contribution < -0.4 is 4.74 Å². The van der Waals surface area contributed by atoms with E-state index in [1.54, 1.807) is 33.0 Å². The molecule has 0 fully saturated rings. The topological polar surface area (TPSA) is 86.7 Å². The Morgan fingerprint density at radius 1 is 1.20 bits per heavy atom. The van der Waals surface area contributed by atoms with E-state index in [9.17, 15) is 9.59 Å². The molecule has 0 amide bonds. The monoisotopic (exact) mass is 350 g/mol. The zero-order valence-electron chi connectivity index (χ0n) is 14.8. The van der Waals surface area contributed by atoms with E-state index in [0.29, 0.717) is 17.1 Å². The van der Waals surface area contributed by atoms with Crippen LogP contribution >= 0.6 is 0 Å². The molecule has 0 saturated heterocycles. The maximum atomic E-state index is 12.5. The summed E-state index contributed by atoms with van der Waals surface area (Å²) >= 11 is 0. The average molecular weight is 350 g/mol. The van der Waals surface area contributed by atoms with Gasteiger partial charge in [-0.3, -0.25) is 4.79 Å². The molecule has 0 radical (unpaired) electrons. The number of para-hydroxylation sites is 1. The van der Waals surface area contributed by atoms with Crippen molar-refractivity contribution in [2.75, 3.05) is 27.4 Å². The average Bonchev–Trinajstić information content (AvgIpc) is 2.92. The predicted octanol–water partition coefficient (Wildman–Crippen LogP) is 1.53. The van der Waals surface area contributed by atoms with E-state index >= 15 is 0 Å². The first kappa shape index (κ1) is 18.7. The lowest BCUT2D eigenvalue weighted by Gasteiger charge is -2.23. The van der Waals surface area contributed by atoms with Gasteiger partial charge in [0.2, 0.25) is 0 Å². The van der Waals surface area contributed by atoms with Crippen molar-refractivity contribution in [2.24, 2.45) is 4.99 Å². The van der Waals surface area contributed by atoms with Crippen LogP contribution in [-0.2, 0) is 23.9 Å². The SMILES string of the molecule is CCOC(=O)CC1(C(=O)OCC)N=C(c2ccccc2OC)N(C)O1. The molecule has 1 aromatic carbocycles. The molecule has 1 aliphatic rings. The molecule has 1 atom stereocenters. The van der Waals surface area contributed by atoms with E-state index in [1.165, 1.54) is 12.2 Å². The summed E-state index contributed by atoms with van der Waals surface area (Å²) in [6, 6.07) is 7.17. The summed E-state index contributed by atoms with van der Waals surface area (Å²) in [5, 5.41) is 1.33. The molecule has 1 aromatic rings. The summed E-state index contributed by atoms with van der Waals surface area (Å²) in [6.45, 7) is 3.67. The number of methoxy groups -OCH3 is 1. The highest BCUT2D eigenvalue weighted by Crippen LogP contribution is 2.32. The number of aliphatic imine (C=N–C) groups is 1. The van der Waals surface area contributed by atoms with Crippen molar-refractivity contribution in [1.29, 1.82) is 0 Å². The first-order valence-corrected chi connectivity index (χ1v) is 7.96. The minimum Gasteiger partial charge on any atom is -0.496 e. The second-order valence-electron chi connectivity index (χ2n) is 5.21. The third-order valence-electron chi connectivity index (χ3n) is 3.50. The zero-order valence-corrected chi connectivity index (χ0v) is 14.8. The van der Waals surface area contributed by atoms with Gasteiger partial charge < -0.3 is 14.2 Å². The largest absolute Gasteiger partial charge is 0.496 e. The highest BCUT2D eigenvalue weighted by Gasteiger charge is 2.51. The van der Waals surface area contributed by atoms with Crippen LogP contribution in [0.5, 0.6) is 5.75 Å². The minimum atomic E-state index is -1.81. The third kappa shape index (κ3) is 3.90. The number of carbonyl (C=O) groups is 2. The van der Waals surface area contributed by atoms with Gasteiger partial charge in [0, 0.05) is 7.05 Å². The molecule has 1 unspecified atom stereocenters. The van der Waals surface area contributed by atoms with Gasteiger partial charge in [0.05, 0.1) is 25.9 Å². The van der Waals surface area contributed by atoms with Crippen LogP contribution in [0.3, 0.4) is 0 Å². The van der Waals surface area contributed by atoms with Crippen molar-refractivity contribution in [1.82, 2.24) is 5.06 Å². The van der Waals surface area contributed by atoms with Crippen LogP contribution in [0.25, 0.3) is 0 Å². The van der Waals surface area contributed by atoms with E-state index in [0.717, 1.165) is 0 Å². The Morgan fingerprint density at radius 2 is 1.88 bits per heavy atom. The summed E-state index contributed by atoms with van der Waals surface area (Å²) in [7, 11) is 3.13. The molecule has 2 rings (SSSR count). The number of hydroxylamine groups is 2. The standard InChI is InChI=1S/C17H22N2O6/c1-5-23-14(20)11-17(16(21)24-6-2)18-15(19(3)25-17)12-9-7-8-10-13(12)22-4/h7-10H,5-6,11H2,1-4H3. The maximum Gasteiger partial charge on any atom is 0.364 e. The van der Waals surface area contributed by atoms with Gasteiger partial charge >= 0.3 is 11.9 Å². The van der Waals surface area contributed by atoms with Crippen LogP contribution in [0.1, 0.15) is 25.8 Å². The Labute approximate surface area is 146 Å². The van der Waals surface area contributed by atoms with Crippen molar-refractivity contribution in [3.63, 3.8) is 0 Å². The van der Waals surface area contributed by atoms with Crippen LogP contribution in [-0.4, -0.2) is 55.9 Å². The molecule has 0 aromatic heterocycles. The highest BCUT2D eigenvalue weighted by atomic mass is 16.7. The van der Waals surface area contributed by atoms with Crippen molar-refractivity contribution < 1.29 is 28.6 Å². The van der Waals surface area contributed by atoms with Crippen LogP contribution in [0.15, 0.2) is 29.3 Å². The first-order valence-electron chi connectivity index (χ1n) is 7.96. The molecule has 0 bridgehead atoms. The molecular weight excluding hydrogens is 328 g/mol. The van der Waals surface area contributed by atoms with E-state index < -0.39 is 17.7 Å². The number of nitrogens with zero attached hydrogens (tertiary/aromatic N) is 2. The molecule has 8 heteroatoms. The van der Waals surface area contributed by atoms with Crippen molar-refractivity contribution in [2.45, 2.75) is 26.0 Å². The van der Waals surface area contributed by atoms with E-state index in [2.05, 4.69) is 4.99 Å². The van der Waals surface area contributed by atoms with E-state index in [-0.39, 0.29) is 19.6 Å². The van der Waals surface area contributed by atoms with Crippen LogP contribution in [0.2, 0.25) is 0 Å². The van der Waals surface area contributed by atoms with E-state index in [1.807, 2.05) is 12.1 Å². The zero-order chi connectivity index (χ0) is 18.4. The molecule has 1 heterocycles. The Balaban J connectivity index is 2.45. The fourth-order valence-corrected chi connectivity index (χ4v) is 2.47. The summed E-state index contributed by atoms with van der Waals surface area (Å²) in [6.07, 6.45) is -0.386. The van der Waals surface area contributed by atoms with Crippen molar-refractivity contribution in [3.05, 3.63) is 29.8 Å². The number of hydrogen-bond donors (Lipinski definition) is 0. The van der Waals surface area contributed by atoms with Crippen molar-refractivity contribution in [3.8, 4) is 5.75 Å². The Morgan fingerprint density at radius 3 is 2.52 bits per heavy atom. The number of rotatable bonds is 7. The number of ether oxygens (including phenoxy) is 3. The Bertz CT molecular complexity index is 675. The van der Waals surface area contributed by atoms with Gasteiger partial charge in [0.15, 0.2) is 5.84 Å². The summed E-state index contributed by atoms with van der Waals surface area (Å²) in [5.74, 6) is -0.434. The lowest BCUT2D eigenvalue weighted by atomic mass is 10.1. The van der Waals surface area contributed by atoms with Gasteiger partial charge in [-0.15, -0.1) is 0 Å². The van der Waals surface area contributed by atoms with Gasteiger partial charge in [-0.2, -0.15) is 0 Å². The molecule has 0 N–H and O–H groups in total. The second kappa shape index (κ2) is 7.98. The van der Waals surface area contributed by atoms with Crippen LogP contribution in [0, 0.1) is 0 Å². The third-order valence-corrected chi connectivity index (χ3v) is 3.50. The van der Waals surface area contributed by atoms with Gasteiger partial charge in [0.25, 0.3) is 5.72 Å². The number of esters is 2. The second-order valence-corrected chi connectivity index (χ2v) is 5.21. The molecule has 0 saturated carbocycles. The number of hydrogen-bond acceptors (Lipinski definition) is 8. The number of benzene rings is 1. The summed E-state index contributed by atoms with van der Waals surface area (Å²) < 4.78 is 15.3. The smallest absolute Gasteiger partial charge is 0.364 e. The van der Waals surface area contributed by atoms with Crippen molar-refractivity contribution >= 4 is 17.8 Å². The molecule has 8 nitrogen and oxygen atoms in total. The number of amidine groups is 1. The number of carbonyl (C=O) groups excluding carboxylic acids is 2. The van der Waals surface area contributed by atoms with E-state index in [4.69, 9.17) is 19.0 Å². The summed E-state index contributed by atoms with van der Waals surface area (Å²) in [5.41, 5.74) is -1.18. The molecule has 136 valence electrons. The predicted molar refractivity (Wildman–Crippen MR) is 89.0 cm³/mol. The maximum absolute atomic E-state index is 12.5.